The van der Waals surface area contributed by atoms with Gasteiger partial charge in [0.25, 0.3) is 0 Å². The van der Waals surface area contributed by atoms with E-state index in [1.165, 1.54) is 0 Å². The zero-order valence-corrected chi connectivity index (χ0v) is 13.2. The summed E-state index contributed by atoms with van der Waals surface area (Å²) >= 11 is 0. The summed E-state index contributed by atoms with van der Waals surface area (Å²) in [5.41, 5.74) is 6.38. The summed E-state index contributed by atoms with van der Waals surface area (Å²) in [4.78, 5) is 2.46. The predicted molar refractivity (Wildman–Crippen MR) is 82.6 cm³/mol. The molecule has 2 rings (SSSR count). The fraction of sp³-hybridized carbons (Fsp3) is 0.600. The van der Waals surface area contributed by atoms with Crippen molar-refractivity contribution in [1.82, 2.24) is 4.90 Å². The molecule has 0 aliphatic carbocycles. The van der Waals surface area contributed by atoms with Crippen molar-refractivity contribution in [2.24, 2.45) is 11.7 Å². The SMILES string of the molecule is CC(O)C1CCN(CCS(=O)(=O)c2cccc(CN)c2)C1. The van der Waals surface area contributed by atoms with Crippen LogP contribution in [0.4, 0.5) is 0 Å². The maximum absolute atomic E-state index is 12.4. The van der Waals surface area contributed by atoms with Gasteiger partial charge in [-0.15, -0.1) is 0 Å². The Labute approximate surface area is 126 Å². The van der Waals surface area contributed by atoms with Crippen molar-refractivity contribution in [3.8, 4) is 0 Å². The molecule has 0 aromatic heterocycles. The Kier molecular flexibility index (Phi) is 5.37. The van der Waals surface area contributed by atoms with E-state index in [-0.39, 0.29) is 17.8 Å². The van der Waals surface area contributed by atoms with Crippen LogP contribution in [-0.4, -0.2) is 49.9 Å². The number of nitrogens with two attached hydrogens (primary N) is 1. The topological polar surface area (TPSA) is 83.6 Å². The average molecular weight is 312 g/mol. The monoisotopic (exact) mass is 312 g/mol. The van der Waals surface area contributed by atoms with Crippen LogP contribution >= 0.6 is 0 Å². The quantitative estimate of drug-likeness (QED) is 0.804. The first-order valence-electron chi connectivity index (χ1n) is 7.34. The highest BCUT2D eigenvalue weighted by Crippen LogP contribution is 2.20. The van der Waals surface area contributed by atoms with Gasteiger partial charge in [0.15, 0.2) is 9.84 Å². The molecular weight excluding hydrogens is 288 g/mol. The molecule has 3 N–H and O–H groups in total. The minimum atomic E-state index is -3.28. The van der Waals surface area contributed by atoms with Gasteiger partial charge in [-0.1, -0.05) is 12.1 Å². The van der Waals surface area contributed by atoms with Crippen molar-refractivity contribution in [3.05, 3.63) is 29.8 Å². The van der Waals surface area contributed by atoms with Crippen LogP contribution in [0.15, 0.2) is 29.2 Å². The molecule has 6 heteroatoms. The van der Waals surface area contributed by atoms with Crippen molar-refractivity contribution in [1.29, 1.82) is 0 Å². The zero-order valence-electron chi connectivity index (χ0n) is 12.4. The van der Waals surface area contributed by atoms with E-state index >= 15 is 0 Å². The molecule has 1 fully saturated rings. The summed E-state index contributed by atoms with van der Waals surface area (Å²) in [6, 6.07) is 6.83. The third-order valence-corrected chi connectivity index (χ3v) is 5.85. The zero-order chi connectivity index (χ0) is 15.5. The van der Waals surface area contributed by atoms with Crippen molar-refractivity contribution < 1.29 is 13.5 Å². The summed E-state index contributed by atoms with van der Waals surface area (Å²) in [5.74, 6) is 0.362. The Bertz CT molecular complexity index is 572. The number of nitrogens with zero attached hydrogens (tertiary/aromatic N) is 1. The third-order valence-electron chi connectivity index (χ3n) is 4.16. The molecular formula is C15H24N2O3S. The van der Waals surface area contributed by atoms with E-state index in [0.717, 1.165) is 25.1 Å². The van der Waals surface area contributed by atoms with Crippen LogP contribution in [0.3, 0.4) is 0 Å². The van der Waals surface area contributed by atoms with Gasteiger partial charge >= 0.3 is 0 Å². The van der Waals surface area contributed by atoms with E-state index in [2.05, 4.69) is 4.90 Å². The molecule has 0 amide bonds. The van der Waals surface area contributed by atoms with Gasteiger partial charge in [-0.2, -0.15) is 0 Å². The van der Waals surface area contributed by atoms with E-state index in [9.17, 15) is 13.5 Å². The Morgan fingerprint density at radius 2 is 2.24 bits per heavy atom. The Hall–Kier alpha value is -0.950. The number of likely N-dealkylation sites (tertiary alicyclic amines) is 1. The third kappa shape index (κ3) is 4.26. The molecule has 2 unspecified atom stereocenters. The molecule has 0 bridgehead atoms. The molecule has 1 aromatic rings. The number of rotatable bonds is 6. The number of aliphatic hydroxyl groups is 1. The Morgan fingerprint density at radius 3 is 2.86 bits per heavy atom. The van der Waals surface area contributed by atoms with Gasteiger partial charge in [0.1, 0.15) is 0 Å². The first-order valence-corrected chi connectivity index (χ1v) is 9.00. The second-order valence-electron chi connectivity index (χ2n) is 5.76. The molecule has 2 atom stereocenters. The van der Waals surface area contributed by atoms with Gasteiger partial charge in [0.2, 0.25) is 0 Å². The van der Waals surface area contributed by atoms with Crippen LogP contribution in [0.25, 0.3) is 0 Å². The number of aliphatic hydroxyl groups excluding tert-OH is 1. The van der Waals surface area contributed by atoms with Crippen molar-refractivity contribution in [2.75, 3.05) is 25.4 Å². The minimum absolute atomic E-state index is 0.105. The van der Waals surface area contributed by atoms with Crippen LogP contribution < -0.4 is 5.73 Å². The van der Waals surface area contributed by atoms with Crippen molar-refractivity contribution in [3.63, 3.8) is 0 Å². The van der Waals surface area contributed by atoms with Crippen LogP contribution in [0.2, 0.25) is 0 Å². The van der Waals surface area contributed by atoms with E-state index in [1.807, 2.05) is 6.07 Å². The minimum Gasteiger partial charge on any atom is -0.393 e. The van der Waals surface area contributed by atoms with Crippen molar-refractivity contribution >= 4 is 9.84 Å². The summed E-state index contributed by atoms with van der Waals surface area (Å²) in [6.07, 6.45) is 0.605. The Balaban J connectivity index is 1.95. The summed E-state index contributed by atoms with van der Waals surface area (Å²) in [7, 11) is -3.28. The first-order chi connectivity index (χ1) is 9.92. The molecule has 1 aromatic carbocycles. The lowest BCUT2D eigenvalue weighted by atomic mass is 10.0. The number of benzene rings is 1. The van der Waals surface area contributed by atoms with Gasteiger partial charge in [0.05, 0.1) is 16.8 Å². The predicted octanol–water partition coefficient (Wildman–Crippen LogP) is 0.622. The normalized spacial score (nSPS) is 21.6. The fourth-order valence-electron chi connectivity index (χ4n) is 2.69. The van der Waals surface area contributed by atoms with Crippen LogP contribution in [-0.2, 0) is 16.4 Å². The van der Waals surface area contributed by atoms with Crippen LogP contribution in [0.5, 0.6) is 0 Å². The Morgan fingerprint density at radius 1 is 1.48 bits per heavy atom. The molecule has 1 aliphatic rings. The lowest BCUT2D eigenvalue weighted by molar-refractivity contribution is 0.128. The lowest BCUT2D eigenvalue weighted by Gasteiger charge is -2.17. The summed E-state index contributed by atoms with van der Waals surface area (Å²) in [6.45, 7) is 4.27. The van der Waals surface area contributed by atoms with Gasteiger partial charge < -0.3 is 15.7 Å². The van der Waals surface area contributed by atoms with Crippen LogP contribution in [0.1, 0.15) is 18.9 Å². The lowest BCUT2D eigenvalue weighted by Crippen LogP contribution is -2.29. The highest BCUT2D eigenvalue weighted by molar-refractivity contribution is 7.91. The summed E-state index contributed by atoms with van der Waals surface area (Å²) < 4.78 is 24.7. The first kappa shape index (κ1) is 16.4. The molecule has 0 spiro atoms. The molecule has 1 saturated heterocycles. The maximum Gasteiger partial charge on any atom is 0.179 e. The van der Waals surface area contributed by atoms with Gasteiger partial charge in [0, 0.05) is 19.6 Å². The van der Waals surface area contributed by atoms with Gasteiger partial charge in [-0.05, 0) is 43.5 Å². The summed E-state index contributed by atoms with van der Waals surface area (Å²) in [5, 5.41) is 9.58. The van der Waals surface area contributed by atoms with Gasteiger partial charge in [-0.25, -0.2) is 8.42 Å². The van der Waals surface area contributed by atoms with Crippen molar-refractivity contribution in [2.45, 2.75) is 30.9 Å². The smallest absolute Gasteiger partial charge is 0.179 e. The maximum atomic E-state index is 12.4. The molecule has 1 aliphatic heterocycles. The van der Waals surface area contributed by atoms with E-state index in [1.54, 1.807) is 25.1 Å². The average Bonchev–Trinajstić information content (AvgIpc) is 2.94. The largest absolute Gasteiger partial charge is 0.393 e. The van der Waals surface area contributed by atoms with E-state index < -0.39 is 9.84 Å². The molecule has 21 heavy (non-hydrogen) atoms. The van der Waals surface area contributed by atoms with Crippen LogP contribution in [0, 0.1) is 5.92 Å². The van der Waals surface area contributed by atoms with Gasteiger partial charge in [-0.3, -0.25) is 0 Å². The second kappa shape index (κ2) is 6.87. The number of sulfone groups is 1. The molecule has 0 radical (unpaired) electrons. The number of hydrogen-bond acceptors (Lipinski definition) is 5. The molecule has 118 valence electrons. The van der Waals surface area contributed by atoms with E-state index in [4.69, 9.17) is 5.73 Å². The molecule has 1 heterocycles. The standard InChI is InChI=1S/C15H24N2O3S/c1-12(18)14-5-6-17(11-14)7-8-21(19,20)15-4-2-3-13(9-15)10-16/h2-4,9,12,14,18H,5-8,10-11,16H2,1H3. The highest BCUT2D eigenvalue weighted by Gasteiger charge is 2.27. The highest BCUT2D eigenvalue weighted by atomic mass is 32.2. The second-order valence-corrected chi connectivity index (χ2v) is 7.87. The molecule has 5 nitrogen and oxygen atoms in total. The molecule has 0 saturated carbocycles. The fourth-order valence-corrected chi connectivity index (χ4v) is 4.04. The number of hydrogen-bond donors (Lipinski definition) is 2. The van der Waals surface area contributed by atoms with E-state index in [0.29, 0.717) is 18.0 Å².